The van der Waals surface area contributed by atoms with Crippen molar-refractivity contribution < 1.29 is 9.50 Å². The van der Waals surface area contributed by atoms with Gasteiger partial charge in [0.1, 0.15) is 5.82 Å². The van der Waals surface area contributed by atoms with E-state index in [1.807, 2.05) is 30.3 Å². The quantitative estimate of drug-likeness (QED) is 0.890. The van der Waals surface area contributed by atoms with Gasteiger partial charge in [0, 0.05) is 17.0 Å². The van der Waals surface area contributed by atoms with Crippen molar-refractivity contribution in [2.75, 3.05) is 13.2 Å². The molecule has 3 N–H and O–H groups in total. The first-order valence-electron chi connectivity index (χ1n) is 6.42. The van der Waals surface area contributed by atoms with Crippen molar-refractivity contribution in [3.8, 4) is 0 Å². The van der Waals surface area contributed by atoms with Crippen LogP contribution in [0.25, 0.3) is 0 Å². The minimum Gasteiger partial charge on any atom is -0.395 e. The third kappa shape index (κ3) is 3.01. The number of benzene rings is 2. The van der Waals surface area contributed by atoms with Gasteiger partial charge in [-0.15, -0.1) is 0 Å². The second-order valence-electron chi connectivity index (χ2n) is 4.92. The van der Waals surface area contributed by atoms with Crippen LogP contribution in [0.4, 0.5) is 4.39 Å². The van der Waals surface area contributed by atoms with Crippen LogP contribution in [-0.2, 0) is 11.8 Å². The fourth-order valence-electron chi connectivity index (χ4n) is 2.33. The van der Waals surface area contributed by atoms with Gasteiger partial charge in [0.15, 0.2) is 0 Å². The maximum absolute atomic E-state index is 14.0. The molecule has 0 aliphatic rings. The van der Waals surface area contributed by atoms with Crippen molar-refractivity contribution in [2.24, 2.45) is 5.73 Å². The maximum atomic E-state index is 14.0. The Morgan fingerprint density at radius 3 is 2.40 bits per heavy atom. The van der Waals surface area contributed by atoms with E-state index >= 15 is 0 Å². The summed E-state index contributed by atoms with van der Waals surface area (Å²) >= 11 is 5.76. The molecule has 0 aliphatic heterocycles. The number of halogens is 2. The lowest BCUT2D eigenvalue weighted by Crippen LogP contribution is -2.41. The fourth-order valence-corrected chi connectivity index (χ4v) is 2.48. The zero-order chi connectivity index (χ0) is 14.6. The summed E-state index contributed by atoms with van der Waals surface area (Å²) in [4.78, 5) is 0. The zero-order valence-corrected chi connectivity index (χ0v) is 11.8. The van der Waals surface area contributed by atoms with Crippen molar-refractivity contribution in [1.82, 2.24) is 0 Å². The summed E-state index contributed by atoms with van der Waals surface area (Å²) in [6, 6.07) is 14.0. The van der Waals surface area contributed by atoms with Crippen LogP contribution in [0.15, 0.2) is 48.5 Å². The second-order valence-corrected chi connectivity index (χ2v) is 5.36. The standard InChI is InChI=1S/C16H17ClFNO/c17-14-7-6-12(15(18)8-14)9-16(10-19,11-20)13-4-2-1-3-5-13/h1-8,20H,9-11,19H2. The topological polar surface area (TPSA) is 46.2 Å². The van der Waals surface area contributed by atoms with Gasteiger partial charge in [0.25, 0.3) is 0 Å². The van der Waals surface area contributed by atoms with Crippen LogP contribution in [0.3, 0.4) is 0 Å². The Kier molecular flexibility index (Phi) is 4.76. The van der Waals surface area contributed by atoms with E-state index in [9.17, 15) is 9.50 Å². The van der Waals surface area contributed by atoms with E-state index in [1.165, 1.54) is 6.07 Å². The van der Waals surface area contributed by atoms with Crippen molar-refractivity contribution in [2.45, 2.75) is 11.8 Å². The lowest BCUT2D eigenvalue weighted by atomic mass is 9.76. The van der Waals surface area contributed by atoms with Crippen LogP contribution in [0.1, 0.15) is 11.1 Å². The fraction of sp³-hybridized carbons (Fsp3) is 0.250. The van der Waals surface area contributed by atoms with Crippen molar-refractivity contribution in [3.63, 3.8) is 0 Å². The zero-order valence-electron chi connectivity index (χ0n) is 11.0. The largest absolute Gasteiger partial charge is 0.395 e. The molecule has 0 saturated carbocycles. The van der Waals surface area contributed by atoms with E-state index in [2.05, 4.69) is 0 Å². The van der Waals surface area contributed by atoms with Crippen LogP contribution < -0.4 is 5.73 Å². The Morgan fingerprint density at radius 1 is 1.15 bits per heavy atom. The predicted molar refractivity (Wildman–Crippen MR) is 79.4 cm³/mol. The molecular weight excluding hydrogens is 277 g/mol. The minimum absolute atomic E-state index is 0.143. The van der Waals surface area contributed by atoms with Gasteiger partial charge >= 0.3 is 0 Å². The first-order valence-corrected chi connectivity index (χ1v) is 6.79. The average Bonchev–Trinajstić information content (AvgIpc) is 2.48. The summed E-state index contributed by atoms with van der Waals surface area (Å²) in [6.07, 6.45) is 0.326. The normalized spacial score (nSPS) is 14.0. The number of aliphatic hydroxyl groups excluding tert-OH is 1. The Hall–Kier alpha value is -1.42. The summed E-state index contributed by atoms with van der Waals surface area (Å²) in [5.74, 6) is -0.375. The molecule has 1 atom stereocenters. The Bertz CT molecular complexity index is 570. The van der Waals surface area contributed by atoms with E-state index in [1.54, 1.807) is 12.1 Å². The molecule has 0 radical (unpaired) electrons. The predicted octanol–water partition coefficient (Wildman–Crippen LogP) is 2.91. The molecule has 0 spiro atoms. The number of hydrogen-bond donors (Lipinski definition) is 2. The molecule has 4 heteroatoms. The van der Waals surface area contributed by atoms with Gasteiger partial charge in [-0.25, -0.2) is 4.39 Å². The smallest absolute Gasteiger partial charge is 0.127 e. The SMILES string of the molecule is NCC(CO)(Cc1ccc(Cl)cc1F)c1ccccc1. The Labute approximate surface area is 123 Å². The van der Waals surface area contributed by atoms with E-state index in [4.69, 9.17) is 17.3 Å². The Balaban J connectivity index is 2.39. The number of nitrogens with two attached hydrogens (primary N) is 1. The number of hydrogen-bond acceptors (Lipinski definition) is 2. The first-order chi connectivity index (χ1) is 9.61. The molecule has 0 aliphatic carbocycles. The van der Waals surface area contributed by atoms with Gasteiger partial charge in [-0.1, -0.05) is 48.0 Å². The lowest BCUT2D eigenvalue weighted by Gasteiger charge is -2.31. The molecule has 1 unspecified atom stereocenters. The van der Waals surface area contributed by atoms with E-state index in [-0.39, 0.29) is 19.0 Å². The summed E-state index contributed by atoms with van der Waals surface area (Å²) in [5, 5.41) is 10.2. The molecule has 0 fully saturated rings. The van der Waals surface area contributed by atoms with E-state index in [0.717, 1.165) is 5.56 Å². The molecule has 106 valence electrons. The molecule has 0 amide bonds. The average molecular weight is 294 g/mol. The molecule has 20 heavy (non-hydrogen) atoms. The molecule has 0 saturated heterocycles. The number of aliphatic hydroxyl groups is 1. The third-order valence-electron chi connectivity index (χ3n) is 3.62. The minimum atomic E-state index is -0.685. The summed E-state index contributed by atoms with van der Waals surface area (Å²) in [6.45, 7) is 0.0885. The lowest BCUT2D eigenvalue weighted by molar-refractivity contribution is 0.195. The van der Waals surface area contributed by atoms with Crippen LogP contribution in [0.2, 0.25) is 5.02 Å². The van der Waals surface area contributed by atoms with Gasteiger partial charge in [-0.05, 0) is 29.7 Å². The second kappa shape index (κ2) is 6.35. The van der Waals surface area contributed by atoms with Gasteiger partial charge in [0.2, 0.25) is 0 Å². The highest BCUT2D eigenvalue weighted by Crippen LogP contribution is 2.29. The highest BCUT2D eigenvalue weighted by molar-refractivity contribution is 6.30. The molecule has 0 heterocycles. The first kappa shape index (κ1) is 15.0. The van der Waals surface area contributed by atoms with Crippen LogP contribution >= 0.6 is 11.6 Å². The van der Waals surface area contributed by atoms with Crippen LogP contribution in [0, 0.1) is 5.82 Å². The van der Waals surface area contributed by atoms with Gasteiger partial charge in [-0.2, -0.15) is 0 Å². The van der Waals surface area contributed by atoms with E-state index in [0.29, 0.717) is 17.0 Å². The van der Waals surface area contributed by atoms with Gasteiger partial charge < -0.3 is 10.8 Å². The van der Waals surface area contributed by atoms with Gasteiger partial charge in [0.05, 0.1) is 6.61 Å². The van der Waals surface area contributed by atoms with Crippen LogP contribution in [-0.4, -0.2) is 18.3 Å². The van der Waals surface area contributed by atoms with Crippen molar-refractivity contribution >= 4 is 11.6 Å². The molecule has 2 aromatic carbocycles. The van der Waals surface area contributed by atoms with E-state index < -0.39 is 5.41 Å². The highest BCUT2D eigenvalue weighted by atomic mass is 35.5. The van der Waals surface area contributed by atoms with Crippen LogP contribution in [0.5, 0.6) is 0 Å². The molecule has 2 aromatic rings. The molecule has 2 rings (SSSR count). The molecule has 2 nitrogen and oxygen atoms in total. The Morgan fingerprint density at radius 2 is 1.85 bits per heavy atom. The highest BCUT2D eigenvalue weighted by Gasteiger charge is 2.31. The maximum Gasteiger partial charge on any atom is 0.127 e. The third-order valence-corrected chi connectivity index (χ3v) is 3.86. The monoisotopic (exact) mass is 293 g/mol. The summed E-state index contributed by atoms with van der Waals surface area (Å²) in [7, 11) is 0. The molecular formula is C16H17ClFNO. The molecule has 0 bridgehead atoms. The van der Waals surface area contributed by atoms with Crippen molar-refractivity contribution in [3.05, 3.63) is 70.5 Å². The van der Waals surface area contributed by atoms with Crippen molar-refractivity contribution in [1.29, 1.82) is 0 Å². The molecule has 0 aromatic heterocycles. The number of rotatable bonds is 5. The van der Waals surface area contributed by atoms with Gasteiger partial charge in [-0.3, -0.25) is 0 Å². The summed E-state index contributed by atoms with van der Waals surface area (Å²) in [5.41, 5.74) is 6.59. The summed E-state index contributed by atoms with van der Waals surface area (Å²) < 4.78 is 14.0.